The molecule has 2 aliphatic rings. The molecule has 2 aromatic rings. The first-order valence-corrected chi connectivity index (χ1v) is 14.9. The van der Waals surface area contributed by atoms with Crippen molar-refractivity contribution in [2.75, 3.05) is 0 Å². The summed E-state index contributed by atoms with van der Waals surface area (Å²) in [6, 6.07) is 7.17. The number of aryl methyl sites for hydroxylation is 2. The van der Waals surface area contributed by atoms with E-state index in [4.69, 9.17) is 0 Å². The van der Waals surface area contributed by atoms with Gasteiger partial charge in [-0.15, -0.1) is 0 Å². The van der Waals surface area contributed by atoms with E-state index in [1.807, 2.05) is 19.1 Å². The lowest BCUT2D eigenvalue weighted by molar-refractivity contribution is 0.297. The topological polar surface area (TPSA) is 0 Å². The third-order valence-corrected chi connectivity index (χ3v) is 9.28. The fraction of sp³-hybridized carbons (Fsp3) is 0.636. The molecular formula is C33H44F4. The molecule has 37 heavy (non-hydrogen) atoms. The average Bonchev–Trinajstić information content (AvgIpc) is 2.92. The largest absolute Gasteiger partial charge is 0.203 e. The molecule has 0 N–H and O–H groups in total. The van der Waals surface area contributed by atoms with Crippen LogP contribution < -0.4 is 0 Å². The molecule has 204 valence electrons. The number of hydrogen-bond acceptors (Lipinski definition) is 0. The standard InChI is InChI=1S/C33H44F4/c1-3-5-7-26-18-19-27(31(35)30(26)34)17-12-23-10-15-25(16-11-23)29-21-20-28(32(36)33(29)37)24-13-8-22(6-4-2)9-14-24/h18-25H,3-17H2,1-2H3. The number of unbranched alkanes of at least 4 members (excludes halogenated alkanes) is 1. The van der Waals surface area contributed by atoms with Gasteiger partial charge in [0.05, 0.1) is 0 Å². The monoisotopic (exact) mass is 516 g/mol. The van der Waals surface area contributed by atoms with Crippen LogP contribution in [0.25, 0.3) is 0 Å². The minimum Gasteiger partial charge on any atom is -0.203 e. The van der Waals surface area contributed by atoms with Crippen LogP contribution in [0.2, 0.25) is 0 Å². The van der Waals surface area contributed by atoms with Gasteiger partial charge in [0.1, 0.15) is 0 Å². The van der Waals surface area contributed by atoms with Crippen molar-refractivity contribution in [1.82, 2.24) is 0 Å². The van der Waals surface area contributed by atoms with Gasteiger partial charge in [0.2, 0.25) is 0 Å². The molecule has 4 rings (SSSR count). The Hall–Kier alpha value is -1.84. The average molecular weight is 517 g/mol. The van der Waals surface area contributed by atoms with E-state index in [0.717, 1.165) is 76.5 Å². The fourth-order valence-electron chi connectivity index (χ4n) is 6.88. The molecule has 2 aromatic carbocycles. The molecule has 0 spiro atoms. The molecule has 0 saturated heterocycles. The van der Waals surface area contributed by atoms with Crippen LogP contribution in [0, 0.1) is 35.1 Å². The maximum absolute atomic E-state index is 15.2. The highest BCUT2D eigenvalue weighted by molar-refractivity contribution is 5.32. The predicted octanol–water partition coefficient (Wildman–Crippen LogP) is 10.6. The molecule has 0 amide bonds. The normalized spacial score (nSPS) is 24.4. The quantitative estimate of drug-likeness (QED) is 0.276. The van der Waals surface area contributed by atoms with Crippen LogP contribution in [-0.4, -0.2) is 0 Å². The van der Waals surface area contributed by atoms with E-state index < -0.39 is 23.3 Å². The van der Waals surface area contributed by atoms with Gasteiger partial charge in [0.15, 0.2) is 23.3 Å². The molecule has 2 fully saturated rings. The summed E-state index contributed by atoms with van der Waals surface area (Å²) < 4.78 is 59.4. The van der Waals surface area contributed by atoms with Crippen molar-refractivity contribution >= 4 is 0 Å². The third kappa shape index (κ3) is 6.79. The van der Waals surface area contributed by atoms with Gasteiger partial charge in [-0.05, 0) is 123 Å². The van der Waals surface area contributed by atoms with Crippen LogP contribution in [0.15, 0.2) is 24.3 Å². The Morgan fingerprint density at radius 2 is 1.00 bits per heavy atom. The zero-order chi connectivity index (χ0) is 26.4. The lowest BCUT2D eigenvalue weighted by Crippen LogP contribution is -2.18. The molecule has 0 aromatic heterocycles. The highest BCUT2D eigenvalue weighted by Crippen LogP contribution is 2.42. The minimum atomic E-state index is -0.696. The summed E-state index contributed by atoms with van der Waals surface area (Å²) in [5.74, 6) is -1.34. The second-order valence-electron chi connectivity index (χ2n) is 11.7. The van der Waals surface area contributed by atoms with Gasteiger partial charge in [-0.25, -0.2) is 17.6 Å². The molecule has 0 aliphatic heterocycles. The Labute approximate surface area is 221 Å². The minimum absolute atomic E-state index is 0.0344. The molecule has 4 heteroatoms. The summed E-state index contributed by atoms with van der Waals surface area (Å²) in [5.41, 5.74) is 2.01. The Morgan fingerprint density at radius 1 is 0.541 bits per heavy atom. The Morgan fingerprint density at radius 3 is 1.46 bits per heavy atom. The Bertz CT molecular complexity index is 1010. The second-order valence-corrected chi connectivity index (χ2v) is 11.7. The van der Waals surface area contributed by atoms with E-state index >= 15 is 8.78 Å². The van der Waals surface area contributed by atoms with E-state index in [2.05, 4.69) is 6.92 Å². The first-order valence-electron chi connectivity index (χ1n) is 14.9. The Balaban J connectivity index is 1.30. The highest BCUT2D eigenvalue weighted by atomic mass is 19.2. The van der Waals surface area contributed by atoms with Crippen LogP contribution in [0.5, 0.6) is 0 Å². The smallest absolute Gasteiger partial charge is 0.162 e. The van der Waals surface area contributed by atoms with Crippen molar-refractivity contribution < 1.29 is 17.6 Å². The Kier molecular flexibility index (Phi) is 10.1. The number of rotatable bonds is 10. The summed E-state index contributed by atoms with van der Waals surface area (Å²) >= 11 is 0. The molecule has 0 nitrogen and oxygen atoms in total. The molecule has 2 saturated carbocycles. The van der Waals surface area contributed by atoms with E-state index in [9.17, 15) is 8.78 Å². The SMILES string of the molecule is CCCCc1ccc(CCC2CCC(c3ccc(C4CCC(CCC)CC4)c(F)c3F)CC2)c(F)c1F. The van der Waals surface area contributed by atoms with Gasteiger partial charge in [-0.3, -0.25) is 0 Å². The van der Waals surface area contributed by atoms with Gasteiger partial charge in [0, 0.05) is 0 Å². The van der Waals surface area contributed by atoms with Crippen molar-refractivity contribution in [1.29, 1.82) is 0 Å². The fourth-order valence-corrected chi connectivity index (χ4v) is 6.88. The summed E-state index contributed by atoms with van der Waals surface area (Å²) in [6.45, 7) is 4.25. The van der Waals surface area contributed by atoms with Crippen LogP contribution in [-0.2, 0) is 12.8 Å². The number of halogens is 4. The van der Waals surface area contributed by atoms with Crippen molar-refractivity contribution in [2.24, 2.45) is 11.8 Å². The van der Waals surface area contributed by atoms with Crippen LogP contribution in [0.1, 0.15) is 131 Å². The molecule has 0 atom stereocenters. The molecule has 0 radical (unpaired) electrons. The summed E-state index contributed by atoms with van der Waals surface area (Å²) in [5, 5.41) is 0. The van der Waals surface area contributed by atoms with Gasteiger partial charge in [-0.1, -0.05) is 57.4 Å². The molecule has 2 aliphatic carbocycles. The zero-order valence-electron chi connectivity index (χ0n) is 22.7. The van der Waals surface area contributed by atoms with Gasteiger partial charge < -0.3 is 0 Å². The molecule has 0 heterocycles. The zero-order valence-corrected chi connectivity index (χ0v) is 22.7. The lowest BCUT2D eigenvalue weighted by Gasteiger charge is -2.31. The van der Waals surface area contributed by atoms with E-state index in [1.165, 1.54) is 12.8 Å². The first-order chi connectivity index (χ1) is 17.9. The van der Waals surface area contributed by atoms with E-state index in [1.54, 1.807) is 12.1 Å². The summed E-state index contributed by atoms with van der Waals surface area (Å²) in [7, 11) is 0. The van der Waals surface area contributed by atoms with Gasteiger partial charge in [-0.2, -0.15) is 0 Å². The molecular weight excluding hydrogens is 472 g/mol. The maximum Gasteiger partial charge on any atom is 0.162 e. The molecule has 0 bridgehead atoms. The third-order valence-electron chi connectivity index (χ3n) is 9.28. The van der Waals surface area contributed by atoms with Crippen molar-refractivity contribution in [2.45, 2.75) is 122 Å². The number of benzene rings is 2. The second kappa shape index (κ2) is 13.3. The number of hydrogen-bond donors (Lipinski definition) is 0. The predicted molar refractivity (Wildman–Crippen MR) is 144 cm³/mol. The maximum atomic E-state index is 15.2. The van der Waals surface area contributed by atoms with Crippen molar-refractivity contribution in [3.63, 3.8) is 0 Å². The summed E-state index contributed by atoms with van der Waals surface area (Å²) in [4.78, 5) is 0. The van der Waals surface area contributed by atoms with Crippen LogP contribution in [0.3, 0.4) is 0 Å². The molecule has 0 unspecified atom stereocenters. The highest BCUT2D eigenvalue weighted by Gasteiger charge is 2.29. The van der Waals surface area contributed by atoms with Gasteiger partial charge in [0.25, 0.3) is 0 Å². The van der Waals surface area contributed by atoms with Crippen molar-refractivity contribution in [3.05, 3.63) is 69.8 Å². The van der Waals surface area contributed by atoms with Gasteiger partial charge >= 0.3 is 0 Å². The van der Waals surface area contributed by atoms with Crippen LogP contribution in [0.4, 0.5) is 17.6 Å². The van der Waals surface area contributed by atoms with Crippen LogP contribution >= 0.6 is 0 Å². The van der Waals surface area contributed by atoms with Crippen molar-refractivity contribution in [3.8, 4) is 0 Å². The first kappa shape index (κ1) is 28.2. The lowest BCUT2D eigenvalue weighted by atomic mass is 9.75. The van der Waals surface area contributed by atoms with E-state index in [-0.39, 0.29) is 11.8 Å². The summed E-state index contributed by atoms with van der Waals surface area (Å²) in [6.07, 6.45) is 13.7. The van der Waals surface area contributed by atoms with E-state index in [0.29, 0.717) is 41.0 Å².